The predicted octanol–water partition coefficient (Wildman–Crippen LogP) is 2.86. The number of rotatable bonds is 3. The Morgan fingerprint density at radius 3 is 2.23 bits per heavy atom. The topological polar surface area (TPSA) is 66.5 Å². The Morgan fingerprint density at radius 2 is 1.62 bits per heavy atom. The van der Waals surface area contributed by atoms with Gasteiger partial charge in [0, 0.05) is 19.2 Å². The first kappa shape index (κ1) is 17.7. The van der Waals surface area contributed by atoms with Gasteiger partial charge < -0.3 is 5.32 Å². The first-order chi connectivity index (χ1) is 12.2. The zero-order chi connectivity index (χ0) is 19.1. The molecule has 0 saturated carbocycles. The number of carbonyl (C=O) groups excluding carboxylic acids is 3. The number of nitrogens with one attached hydrogen (secondary N) is 1. The molecule has 0 fully saturated rings. The van der Waals surface area contributed by atoms with Gasteiger partial charge in [0.2, 0.25) is 0 Å². The molecule has 0 bridgehead atoms. The van der Waals surface area contributed by atoms with E-state index in [0.29, 0.717) is 5.56 Å². The van der Waals surface area contributed by atoms with Crippen LogP contribution in [0, 0.1) is 0 Å². The van der Waals surface area contributed by atoms with Crippen LogP contribution in [-0.2, 0) is 12.7 Å². The van der Waals surface area contributed by atoms with Crippen LogP contribution in [0.3, 0.4) is 0 Å². The van der Waals surface area contributed by atoms with Crippen molar-refractivity contribution in [3.8, 4) is 0 Å². The molecule has 5 nitrogen and oxygen atoms in total. The summed E-state index contributed by atoms with van der Waals surface area (Å²) < 4.78 is 37.6. The molecule has 1 aliphatic heterocycles. The first-order valence-electron chi connectivity index (χ1n) is 7.59. The molecule has 2 aromatic carbocycles. The summed E-state index contributed by atoms with van der Waals surface area (Å²) in [6.45, 7) is 0.0286. The van der Waals surface area contributed by atoms with Gasteiger partial charge in [-0.2, -0.15) is 13.2 Å². The van der Waals surface area contributed by atoms with Crippen molar-refractivity contribution in [1.82, 2.24) is 10.2 Å². The molecule has 3 rings (SSSR count). The molecule has 3 amide bonds. The van der Waals surface area contributed by atoms with Gasteiger partial charge in [-0.25, -0.2) is 0 Å². The van der Waals surface area contributed by atoms with Crippen molar-refractivity contribution in [2.45, 2.75) is 12.7 Å². The lowest BCUT2D eigenvalue weighted by Gasteiger charge is -2.09. The molecule has 0 spiro atoms. The van der Waals surface area contributed by atoms with Crippen LogP contribution >= 0.6 is 0 Å². The van der Waals surface area contributed by atoms with E-state index in [-0.39, 0.29) is 23.2 Å². The van der Waals surface area contributed by atoms with E-state index in [2.05, 4.69) is 5.32 Å². The number of carbonyl (C=O) groups is 3. The largest absolute Gasteiger partial charge is 0.416 e. The molecule has 0 radical (unpaired) electrons. The number of alkyl halides is 3. The van der Waals surface area contributed by atoms with Gasteiger partial charge in [-0.05, 0) is 35.9 Å². The molecule has 8 heteroatoms. The van der Waals surface area contributed by atoms with Crippen molar-refractivity contribution in [1.29, 1.82) is 0 Å². The summed E-state index contributed by atoms with van der Waals surface area (Å²) in [5.41, 5.74) is 0.306. The maximum atomic E-state index is 12.5. The monoisotopic (exact) mass is 362 g/mol. The average molecular weight is 362 g/mol. The lowest BCUT2D eigenvalue weighted by Crippen LogP contribution is -2.24. The van der Waals surface area contributed by atoms with Crippen molar-refractivity contribution >= 4 is 17.7 Å². The van der Waals surface area contributed by atoms with E-state index in [1.165, 1.54) is 37.4 Å². The molecule has 0 atom stereocenters. The third-order valence-corrected chi connectivity index (χ3v) is 4.09. The van der Waals surface area contributed by atoms with Crippen molar-refractivity contribution in [2.24, 2.45) is 0 Å². The van der Waals surface area contributed by atoms with Gasteiger partial charge >= 0.3 is 6.18 Å². The summed E-state index contributed by atoms with van der Waals surface area (Å²) in [7, 11) is 1.36. The van der Waals surface area contributed by atoms with Gasteiger partial charge in [0.05, 0.1) is 16.7 Å². The van der Waals surface area contributed by atoms with Crippen LogP contribution in [-0.4, -0.2) is 29.7 Å². The molecule has 134 valence electrons. The van der Waals surface area contributed by atoms with E-state index in [1.807, 2.05) is 0 Å². The Bertz CT molecular complexity index is 905. The third-order valence-electron chi connectivity index (χ3n) is 4.09. The van der Waals surface area contributed by atoms with Crippen LogP contribution in [0.25, 0.3) is 0 Å². The van der Waals surface area contributed by atoms with E-state index in [9.17, 15) is 27.6 Å². The van der Waals surface area contributed by atoms with E-state index >= 15 is 0 Å². The fourth-order valence-corrected chi connectivity index (χ4v) is 2.60. The van der Waals surface area contributed by atoms with Crippen molar-refractivity contribution in [2.75, 3.05) is 7.05 Å². The molecule has 26 heavy (non-hydrogen) atoms. The number of hydrogen-bond acceptors (Lipinski definition) is 3. The highest BCUT2D eigenvalue weighted by Crippen LogP contribution is 2.29. The van der Waals surface area contributed by atoms with E-state index in [1.54, 1.807) is 0 Å². The molecule has 1 heterocycles. The van der Waals surface area contributed by atoms with E-state index in [0.717, 1.165) is 17.0 Å². The number of hydrogen-bond donors (Lipinski definition) is 1. The molecule has 2 aromatic rings. The number of benzene rings is 2. The van der Waals surface area contributed by atoms with Crippen molar-refractivity contribution < 1.29 is 27.6 Å². The molecular weight excluding hydrogens is 349 g/mol. The number of nitrogens with zero attached hydrogens (tertiary/aromatic N) is 1. The molecule has 0 saturated heterocycles. The highest BCUT2D eigenvalue weighted by Gasteiger charge is 2.33. The van der Waals surface area contributed by atoms with Gasteiger partial charge in [0.1, 0.15) is 0 Å². The Kier molecular flexibility index (Phi) is 4.27. The van der Waals surface area contributed by atoms with Gasteiger partial charge in [0.25, 0.3) is 17.7 Å². The minimum atomic E-state index is -4.41. The third kappa shape index (κ3) is 3.17. The van der Waals surface area contributed by atoms with Gasteiger partial charge in [-0.1, -0.05) is 12.1 Å². The summed E-state index contributed by atoms with van der Waals surface area (Å²) in [6, 6.07) is 8.61. The van der Waals surface area contributed by atoms with E-state index in [4.69, 9.17) is 0 Å². The fourth-order valence-electron chi connectivity index (χ4n) is 2.60. The average Bonchev–Trinajstić information content (AvgIpc) is 2.83. The second kappa shape index (κ2) is 6.29. The zero-order valence-electron chi connectivity index (χ0n) is 13.6. The molecule has 0 aliphatic carbocycles. The van der Waals surface area contributed by atoms with Gasteiger partial charge in [0.15, 0.2) is 0 Å². The second-order valence-electron chi connectivity index (χ2n) is 5.81. The number of imide groups is 1. The van der Waals surface area contributed by atoms with Crippen LogP contribution in [0.15, 0.2) is 42.5 Å². The summed E-state index contributed by atoms with van der Waals surface area (Å²) in [5, 5.41) is 2.57. The molecular formula is C18H13F3N2O3. The molecule has 0 unspecified atom stereocenters. The minimum absolute atomic E-state index is 0.0286. The maximum Gasteiger partial charge on any atom is 0.416 e. The molecule has 0 aromatic heterocycles. The predicted molar refractivity (Wildman–Crippen MR) is 85.5 cm³/mol. The normalized spacial score (nSPS) is 13.8. The number of halogens is 3. The maximum absolute atomic E-state index is 12.5. The van der Waals surface area contributed by atoms with Crippen LogP contribution in [0.5, 0.6) is 0 Å². The summed E-state index contributed by atoms with van der Waals surface area (Å²) in [4.78, 5) is 37.0. The zero-order valence-corrected chi connectivity index (χ0v) is 13.6. The summed E-state index contributed by atoms with van der Waals surface area (Å²) in [5.74, 6) is -1.41. The fraction of sp³-hybridized carbons (Fsp3) is 0.167. The molecule has 1 aliphatic rings. The van der Waals surface area contributed by atoms with Crippen LogP contribution in [0.4, 0.5) is 13.2 Å². The van der Waals surface area contributed by atoms with Crippen molar-refractivity contribution in [3.05, 3.63) is 70.3 Å². The van der Waals surface area contributed by atoms with Crippen LogP contribution in [0.2, 0.25) is 0 Å². The smallest absolute Gasteiger partial charge is 0.348 e. The van der Waals surface area contributed by atoms with Crippen molar-refractivity contribution in [3.63, 3.8) is 0 Å². The summed E-state index contributed by atoms with van der Waals surface area (Å²) in [6.07, 6.45) is -4.41. The number of fused-ring (bicyclic) bond motifs is 1. The number of amides is 3. The highest BCUT2D eigenvalue weighted by atomic mass is 19.4. The lowest BCUT2D eigenvalue weighted by atomic mass is 10.1. The standard InChI is InChI=1S/C18H13F3N2O3/c1-23-16(25)13-7-4-11(8-14(13)17(23)26)15(24)22-9-10-2-5-12(6-3-10)18(19,20)21/h2-8H,9H2,1H3,(H,22,24). The Morgan fingerprint density at radius 1 is 1.00 bits per heavy atom. The van der Waals surface area contributed by atoms with Crippen LogP contribution < -0.4 is 5.32 Å². The Hall–Kier alpha value is -3.16. The summed E-state index contributed by atoms with van der Waals surface area (Å²) >= 11 is 0. The van der Waals surface area contributed by atoms with Crippen LogP contribution in [0.1, 0.15) is 42.2 Å². The van der Waals surface area contributed by atoms with E-state index < -0.39 is 29.5 Å². The van der Waals surface area contributed by atoms with Gasteiger partial charge in [-0.15, -0.1) is 0 Å². The Balaban J connectivity index is 1.70. The first-order valence-corrected chi connectivity index (χ1v) is 7.59. The second-order valence-corrected chi connectivity index (χ2v) is 5.81. The SMILES string of the molecule is CN1C(=O)c2ccc(C(=O)NCc3ccc(C(F)(F)F)cc3)cc2C1=O. The van der Waals surface area contributed by atoms with Gasteiger partial charge in [-0.3, -0.25) is 19.3 Å². The highest BCUT2D eigenvalue weighted by molar-refractivity contribution is 6.21. The minimum Gasteiger partial charge on any atom is -0.348 e. The molecule has 1 N–H and O–H groups in total. The lowest BCUT2D eigenvalue weighted by molar-refractivity contribution is -0.137. The quantitative estimate of drug-likeness (QED) is 0.854. The Labute approximate surface area is 146 Å².